The van der Waals surface area contributed by atoms with E-state index in [1.165, 1.54) is 6.42 Å². The summed E-state index contributed by atoms with van der Waals surface area (Å²) in [7, 11) is 0. The molecular weight excluding hydrogens is 212 g/mol. The molecule has 1 saturated carbocycles. The molecule has 3 nitrogen and oxygen atoms in total. The summed E-state index contributed by atoms with van der Waals surface area (Å²) >= 11 is 0. The van der Waals surface area contributed by atoms with Crippen molar-refractivity contribution in [3.63, 3.8) is 0 Å². The van der Waals surface area contributed by atoms with Crippen molar-refractivity contribution < 1.29 is 4.74 Å². The molecule has 0 amide bonds. The molecule has 1 aliphatic carbocycles. The molecule has 1 heterocycles. The number of aromatic nitrogens is 1. The van der Waals surface area contributed by atoms with Crippen LogP contribution in [0.15, 0.2) is 12.1 Å². The lowest BCUT2D eigenvalue weighted by molar-refractivity contribution is -0.0135. The van der Waals surface area contributed by atoms with Gasteiger partial charge in [-0.25, -0.2) is 0 Å². The molecule has 1 aromatic heterocycles. The molecule has 0 atom stereocenters. The van der Waals surface area contributed by atoms with Gasteiger partial charge in [0.15, 0.2) is 0 Å². The molecule has 0 radical (unpaired) electrons. The van der Waals surface area contributed by atoms with Gasteiger partial charge in [0.1, 0.15) is 11.4 Å². The maximum atomic E-state index is 6.21. The highest BCUT2D eigenvalue weighted by Crippen LogP contribution is 2.39. The van der Waals surface area contributed by atoms with Crippen LogP contribution in [0.1, 0.15) is 44.0 Å². The van der Waals surface area contributed by atoms with Gasteiger partial charge in [0.2, 0.25) is 0 Å². The van der Waals surface area contributed by atoms with E-state index in [1.54, 1.807) is 0 Å². The van der Waals surface area contributed by atoms with E-state index in [-0.39, 0.29) is 5.60 Å². The molecule has 0 aliphatic heterocycles. The van der Waals surface area contributed by atoms with Crippen LogP contribution in [0.4, 0.5) is 0 Å². The van der Waals surface area contributed by atoms with Gasteiger partial charge in [0.25, 0.3) is 0 Å². The molecule has 94 valence electrons. The number of nitrogens with zero attached hydrogens (tertiary/aromatic N) is 1. The van der Waals surface area contributed by atoms with Crippen molar-refractivity contribution >= 4 is 0 Å². The maximum absolute atomic E-state index is 6.21. The third-order valence-electron chi connectivity index (χ3n) is 3.60. The van der Waals surface area contributed by atoms with Crippen molar-refractivity contribution in [3.05, 3.63) is 23.5 Å². The molecule has 17 heavy (non-hydrogen) atoms. The van der Waals surface area contributed by atoms with Crippen LogP contribution >= 0.6 is 0 Å². The van der Waals surface area contributed by atoms with Crippen LogP contribution in [-0.2, 0) is 6.42 Å². The quantitative estimate of drug-likeness (QED) is 0.852. The second kappa shape index (κ2) is 5.05. The summed E-state index contributed by atoms with van der Waals surface area (Å²) in [6.07, 6.45) is 5.36. The highest BCUT2D eigenvalue weighted by Gasteiger charge is 2.38. The van der Waals surface area contributed by atoms with Gasteiger partial charge in [0.05, 0.1) is 5.69 Å². The Morgan fingerprint density at radius 2 is 2.18 bits per heavy atom. The predicted octanol–water partition coefficient (Wildman–Crippen LogP) is 2.60. The van der Waals surface area contributed by atoms with E-state index in [2.05, 4.69) is 18.0 Å². The normalized spacial score (nSPS) is 17.6. The number of ether oxygens (including phenoxy) is 1. The van der Waals surface area contributed by atoms with E-state index in [9.17, 15) is 0 Å². The van der Waals surface area contributed by atoms with Crippen molar-refractivity contribution in [1.82, 2.24) is 4.98 Å². The average molecular weight is 234 g/mol. The van der Waals surface area contributed by atoms with Crippen molar-refractivity contribution in [2.24, 2.45) is 5.73 Å². The van der Waals surface area contributed by atoms with Crippen LogP contribution in [0.3, 0.4) is 0 Å². The lowest BCUT2D eigenvalue weighted by Gasteiger charge is -2.42. The molecule has 0 saturated heterocycles. The number of nitrogens with two attached hydrogens (primary N) is 1. The van der Waals surface area contributed by atoms with Gasteiger partial charge in [-0.15, -0.1) is 0 Å². The number of rotatable bonds is 5. The van der Waals surface area contributed by atoms with Crippen molar-refractivity contribution in [2.75, 3.05) is 6.54 Å². The first-order valence-electron chi connectivity index (χ1n) is 6.55. The summed E-state index contributed by atoms with van der Waals surface area (Å²) in [5, 5.41) is 0. The van der Waals surface area contributed by atoms with Crippen LogP contribution in [0, 0.1) is 6.92 Å². The van der Waals surface area contributed by atoms with Crippen LogP contribution in [-0.4, -0.2) is 17.1 Å². The number of hydrogen-bond acceptors (Lipinski definition) is 3. The van der Waals surface area contributed by atoms with E-state index in [0.717, 1.165) is 42.8 Å². The van der Waals surface area contributed by atoms with Gasteiger partial charge in [-0.3, -0.25) is 4.98 Å². The summed E-state index contributed by atoms with van der Waals surface area (Å²) in [5.41, 5.74) is 7.79. The zero-order valence-corrected chi connectivity index (χ0v) is 10.8. The fourth-order valence-electron chi connectivity index (χ4n) is 2.41. The molecule has 2 rings (SSSR count). The van der Waals surface area contributed by atoms with Crippen LogP contribution < -0.4 is 10.5 Å². The minimum atomic E-state index is -0.00436. The SMILES string of the molecule is CCc1nc(C)ccc1OC1(CCN)CCC1. The van der Waals surface area contributed by atoms with E-state index in [1.807, 2.05) is 13.0 Å². The molecule has 0 bridgehead atoms. The first-order valence-corrected chi connectivity index (χ1v) is 6.55. The van der Waals surface area contributed by atoms with E-state index in [4.69, 9.17) is 10.5 Å². The molecule has 1 aromatic rings. The summed E-state index contributed by atoms with van der Waals surface area (Å²) < 4.78 is 6.21. The first kappa shape index (κ1) is 12.4. The zero-order valence-electron chi connectivity index (χ0n) is 10.8. The van der Waals surface area contributed by atoms with Crippen LogP contribution in [0.25, 0.3) is 0 Å². The molecule has 3 heteroatoms. The maximum Gasteiger partial charge on any atom is 0.141 e. The first-order chi connectivity index (χ1) is 8.19. The lowest BCUT2D eigenvalue weighted by Crippen LogP contribution is -2.45. The highest BCUT2D eigenvalue weighted by atomic mass is 16.5. The third-order valence-corrected chi connectivity index (χ3v) is 3.60. The van der Waals surface area contributed by atoms with Gasteiger partial charge in [-0.2, -0.15) is 0 Å². The van der Waals surface area contributed by atoms with Crippen LogP contribution in [0.5, 0.6) is 5.75 Å². The van der Waals surface area contributed by atoms with Gasteiger partial charge < -0.3 is 10.5 Å². The molecule has 0 aromatic carbocycles. The summed E-state index contributed by atoms with van der Waals surface area (Å²) in [4.78, 5) is 4.54. The van der Waals surface area contributed by atoms with Crippen molar-refractivity contribution in [1.29, 1.82) is 0 Å². The molecule has 2 N–H and O–H groups in total. The second-order valence-corrected chi connectivity index (χ2v) is 4.93. The Bertz CT molecular complexity index is 386. The minimum Gasteiger partial charge on any atom is -0.485 e. The highest BCUT2D eigenvalue weighted by molar-refractivity contribution is 5.30. The molecular formula is C14H22N2O. The largest absolute Gasteiger partial charge is 0.485 e. The van der Waals surface area contributed by atoms with Gasteiger partial charge in [-0.05, 0) is 57.7 Å². The fraction of sp³-hybridized carbons (Fsp3) is 0.643. The molecule has 0 unspecified atom stereocenters. The Morgan fingerprint density at radius 3 is 2.71 bits per heavy atom. The Kier molecular flexibility index (Phi) is 3.67. The van der Waals surface area contributed by atoms with E-state index in [0.29, 0.717) is 6.54 Å². The van der Waals surface area contributed by atoms with Gasteiger partial charge >= 0.3 is 0 Å². The lowest BCUT2D eigenvalue weighted by atomic mass is 9.77. The van der Waals surface area contributed by atoms with E-state index < -0.39 is 0 Å². The van der Waals surface area contributed by atoms with Gasteiger partial charge in [0, 0.05) is 5.69 Å². The predicted molar refractivity (Wildman–Crippen MR) is 69.2 cm³/mol. The average Bonchev–Trinajstić information content (AvgIpc) is 2.28. The molecule has 1 aliphatic rings. The standard InChI is InChI=1S/C14H22N2O/c1-3-12-13(6-5-11(2)16-12)17-14(9-10-15)7-4-8-14/h5-6H,3-4,7-10,15H2,1-2H3. The number of hydrogen-bond donors (Lipinski definition) is 1. The molecule has 0 spiro atoms. The van der Waals surface area contributed by atoms with Crippen molar-refractivity contribution in [2.45, 2.75) is 51.6 Å². The third kappa shape index (κ3) is 2.60. The Balaban J connectivity index is 2.17. The smallest absolute Gasteiger partial charge is 0.141 e. The summed E-state index contributed by atoms with van der Waals surface area (Å²) in [6, 6.07) is 4.07. The Labute approximate surface area is 103 Å². The Morgan fingerprint density at radius 1 is 1.41 bits per heavy atom. The monoisotopic (exact) mass is 234 g/mol. The summed E-state index contributed by atoms with van der Waals surface area (Å²) in [6.45, 7) is 4.83. The minimum absolute atomic E-state index is 0.00436. The van der Waals surface area contributed by atoms with E-state index >= 15 is 0 Å². The van der Waals surface area contributed by atoms with Gasteiger partial charge in [-0.1, -0.05) is 6.92 Å². The molecule has 1 fully saturated rings. The second-order valence-electron chi connectivity index (χ2n) is 4.93. The number of aryl methyl sites for hydroxylation is 2. The Hall–Kier alpha value is -1.09. The topological polar surface area (TPSA) is 48.1 Å². The zero-order chi connectivity index (χ0) is 12.3. The number of pyridine rings is 1. The van der Waals surface area contributed by atoms with Crippen LogP contribution in [0.2, 0.25) is 0 Å². The summed E-state index contributed by atoms with van der Waals surface area (Å²) in [5.74, 6) is 0.950. The fourth-order valence-corrected chi connectivity index (χ4v) is 2.41. The van der Waals surface area contributed by atoms with Crippen molar-refractivity contribution in [3.8, 4) is 5.75 Å².